The van der Waals surface area contributed by atoms with Crippen molar-refractivity contribution < 1.29 is 9.53 Å². The van der Waals surface area contributed by atoms with E-state index in [1.807, 2.05) is 0 Å². The van der Waals surface area contributed by atoms with Crippen molar-refractivity contribution in [2.45, 2.75) is 44.3 Å². The quantitative estimate of drug-likeness (QED) is 0.227. The van der Waals surface area contributed by atoms with E-state index in [-0.39, 0.29) is 17.0 Å². The highest BCUT2D eigenvalue weighted by Gasteiger charge is 2.18. The molecule has 0 fully saturated rings. The number of methoxy groups -OCH3 is 1. The van der Waals surface area contributed by atoms with Crippen LogP contribution < -0.4 is 0 Å². The molecule has 0 bridgehead atoms. The third-order valence-electron chi connectivity index (χ3n) is 4.95. The van der Waals surface area contributed by atoms with Crippen molar-refractivity contribution >= 4 is 29.1 Å². The lowest BCUT2D eigenvalue weighted by molar-refractivity contribution is 0.102. The number of carbonyl (C=O) groups is 1. The number of ether oxygens (including phenoxy) is 1. The molecule has 7 heteroatoms. The molecule has 1 heterocycles. The van der Waals surface area contributed by atoms with Crippen LogP contribution in [0.5, 0.6) is 0 Å². The Morgan fingerprint density at radius 1 is 1.06 bits per heavy atom. The van der Waals surface area contributed by atoms with Gasteiger partial charge in [-0.15, -0.1) is 10.2 Å². The van der Waals surface area contributed by atoms with Crippen LogP contribution in [0.1, 0.15) is 43.1 Å². The monoisotopic (exact) mass is 457 g/mol. The summed E-state index contributed by atoms with van der Waals surface area (Å²) in [5, 5.41) is 10.2. The van der Waals surface area contributed by atoms with Crippen LogP contribution in [0.25, 0.3) is 11.4 Å². The smallest absolute Gasteiger partial charge is 0.191 e. The van der Waals surface area contributed by atoms with E-state index >= 15 is 0 Å². The van der Waals surface area contributed by atoms with Crippen molar-refractivity contribution in [2.24, 2.45) is 0 Å². The molecule has 0 radical (unpaired) electrons. The van der Waals surface area contributed by atoms with Crippen LogP contribution in [-0.4, -0.2) is 40.0 Å². The van der Waals surface area contributed by atoms with Crippen LogP contribution >= 0.6 is 23.4 Å². The average molecular weight is 458 g/mol. The lowest BCUT2D eigenvalue weighted by Crippen LogP contribution is -2.11. The Morgan fingerprint density at radius 2 is 1.74 bits per heavy atom. The van der Waals surface area contributed by atoms with E-state index in [0.717, 1.165) is 23.0 Å². The number of rotatable bonds is 9. The van der Waals surface area contributed by atoms with Gasteiger partial charge in [0.15, 0.2) is 16.8 Å². The van der Waals surface area contributed by atoms with Gasteiger partial charge in [-0.3, -0.25) is 4.79 Å². The molecule has 0 saturated carbocycles. The van der Waals surface area contributed by atoms with Gasteiger partial charge in [0.25, 0.3) is 0 Å². The number of nitrogens with zero attached hydrogens (tertiary/aromatic N) is 3. The second kappa shape index (κ2) is 10.4. The molecule has 3 aromatic rings. The van der Waals surface area contributed by atoms with E-state index in [1.54, 1.807) is 31.4 Å². The van der Waals surface area contributed by atoms with Crippen molar-refractivity contribution in [2.75, 3.05) is 19.5 Å². The van der Waals surface area contributed by atoms with Gasteiger partial charge >= 0.3 is 0 Å². The lowest BCUT2D eigenvalue weighted by atomic mass is 9.87. The predicted molar refractivity (Wildman–Crippen MR) is 127 cm³/mol. The molecular formula is C24H28ClN3O2S. The molecule has 0 saturated heterocycles. The van der Waals surface area contributed by atoms with E-state index in [9.17, 15) is 4.79 Å². The highest BCUT2D eigenvalue weighted by atomic mass is 35.5. The largest absolute Gasteiger partial charge is 0.385 e. The summed E-state index contributed by atoms with van der Waals surface area (Å²) < 4.78 is 7.29. The molecule has 31 heavy (non-hydrogen) atoms. The normalized spacial score (nSPS) is 11.6. The SMILES string of the molecule is COCCCn1c(SCC(=O)c2ccc(Cl)cc2)nnc1-c1ccc(C(C)(C)C)cc1. The summed E-state index contributed by atoms with van der Waals surface area (Å²) in [5.74, 6) is 1.12. The van der Waals surface area contributed by atoms with Crippen LogP contribution in [0, 0.1) is 0 Å². The zero-order valence-electron chi connectivity index (χ0n) is 18.4. The minimum atomic E-state index is 0.0317. The number of thioether (sulfide) groups is 1. The maximum Gasteiger partial charge on any atom is 0.191 e. The third-order valence-corrected chi connectivity index (χ3v) is 6.17. The molecule has 164 valence electrons. The highest BCUT2D eigenvalue weighted by molar-refractivity contribution is 7.99. The minimum absolute atomic E-state index is 0.0317. The predicted octanol–water partition coefficient (Wildman–Crippen LogP) is 5.91. The molecule has 1 aromatic heterocycles. The van der Waals surface area contributed by atoms with Crippen molar-refractivity contribution in [3.05, 3.63) is 64.7 Å². The molecule has 2 aromatic carbocycles. The zero-order chi connectivity index (χ0) is 22.4. The fraction of sp³-hybridized carbons (Fsp3) is 0.375. The maximum absolute atomic E-state index is 12.6. The van der Waals surface area contributed by atoms with Gasteiger partial charge in [0.1, 0.15) is 0 Å². The standard InChI is InChI=1S/C24H28ClN3O2S/c1-24(2,3)19-10-6-18(7-11-19)22-26-27-23(28(22)14-5-15-30-4)31-16-21(29)17-8-12-20(25)13-9-17/h6-13H,5,14-16H2,1-4H3. The number of Topliss-reactive ketones (excluding diaryl/α,β-unsaturated/α-hetero) is 1. The molecule has 0 N–H and O–H groups in total. The van der Waals surface area contributed by atoms with Gasteiger partial charge in [-0.05, 0) is 41.7 Å². The summed E-state index contributed by atoms with van der Waals surface area (Å²) >= 11 is 7.32. The van der Waals surface area contributed by atoms with Crippen LogP contribution in [0.2, 0.25) is 5.02 Å². The Hall–Kier alpha value is -2.15. The molecule has 3 rings (SSSR count). The van der Waals surface area contributed by atoms with E-state index < -0.39 is 0 Å². The topological polar surface area (TPSA) is 57.0 Å². The van der Waals surface area contributed by atoms with E-state index in [1.165, 1.54) is 17.3 Å². The molecule has 0 amide bonds. The summed E-state index contributed by atoms with van der Waals surface area (Å²) in [6, 6.07) is 15.4. The molecule has 0 aliphatic rings. The Morgan fingerprint density at radius 3 is 2.35 bits per heavy atom. The van der Waals surface area contributed by atoms with Gasteiger partial charge in [-0.1, -0.05) is 68.4 Å². The maximum atomic E-state index is 12.6. The number of benzene rings is 2. The number of ketones is 1. The summed E-state index contributed by atoms with van der Waals surface area (Å²) in [4.78, 5) is 12.6. The van der Waals surface area contributed by atoms with Crippen molar-refractivity contribution in [1.29, 1.82) is 0 Å². The lowest BCUT2D eigenvalue weighted by Gasteiger charge is -2.19. The second-order valence-electron chi connectivity index (χ2n) is 8.35. The number of hydrogen-bond acceptors (Lipinski definition) is 5. The third kappa shape index (κ3) is 6.19. The summed E-state index contributed by atoms with van der Waals surface area (Å²) in [5.41, 5.74) is 3.01. The van der Waals surface area contributed by atoms with Gasteiger partial charge in [-0.2, -0.15) is 0 Å². The molecular weight excluding hydrogens is 430 g/mol. The van der Waals surface area contributed by atoms with Crippen LogP contribution in [-0.2, 0) is 16.7 Å². The van der Waals surface area contributed by atoms with Crippen LogP contribution in [0.15, 0.2) is 53.7 Å². The van der Waals surface area contributed by atoms with Gasteiger partial charge in [0.05, 0.1) is 5.75 Å². The van der Waals surface area contributed by atoms with Crippen molar-refractivity contribution in [1.82, 2.24) is 14.8 Å². The van der Waals surface area contributed by atoms with E-state index in [0.29, 0.717) is 23.7 Å². The van der Waals surface area contributed by atoms with Gasteiger partial charge in [0.2, 0.25) is 0 Å². The molecule has 0 spiro atoms. The minimum Gasteiger partial charge on any atom is -0.385 e. The first-order valence-electron chi connectivity index (χ1n) is 10.2. The Labute approximate surface area is 193 Å². The van der Waals surface area contributed by atoms with E-state index in [2.05, 4.69) is 59.8 Å². The summed E-state index contributed by atoms with van der Waals surface area (Å²) in [7, 11) is 1.69. The van der Waals surface area contributed by atoms with Gasteiger partial charge < -0.3 is 9.30 Å². The zero-order valence-corrected chi connectivity index (χ0v) is 20.0. The number of halogens is 1. The summed E-state index contributed by atoms with van der Waals surface area (Å²) in [6.07, 6.45) is 0.834. The first-order valence-corrected chi connectivity index (χ1v) is 11.6. The Balaban J connectivity index is 1.81. The van der Waals surface area contributed by atoms with E-state index in [4.69, 9.17) is 16.3 Å². The first kappa shape index (κ1) is 23.5. The highest BCUT2D eigenvalue weighted by Crippen LogP contribution is 2.28. The van der Waals surface area contributed by atoms with Crippen molar-refractivity contribution in [3.63, 3.8) is 0 Å². The van der Waals surface area contributed by atoms with Crippen molar-refractivity contribution in [3.8, 4) is 11.4 Å². The van der Waals surface area contributed by atoms with Gasteiger partial charge in [-0.25, -0.2) is 0 Å². The molecule has 0 aliphatic heterocycles. The number of aromatic nitrogens is 3. The average Bonchev–Trinajstić information content (AvgIpc) is 3.15. The molecule has 0 atom stereocenters. The fourth-order valence-electron chi connectivity index (χ4n) is 3.15. The second-order valence-corrected chi connectivity index (χ2v) is 9.73. The molecule has 0 unspecified atom stereocenters. The number of carbonyl (C=O) groups excluding carboxylic acids is 1. The molecule has 0 aliphatic carbocycles. The Kier molecular flexibility index (Phi) is 7.92. The fourth-order valence-corrected chi connectivity index (χ4v) is 4.13. The summed E-state index contributed by atoms with van der Waals surface area (Å²) in [6.45, 7) is 7.95. The Bertz CT molecular complexity index is 1010. The van der Waals surface area contributed by atoms with Crippen LogP contribution in [0.4, 0.5) is 0 Å². The van der Waals surface area contributed by atoms with Crippen LogP contribution in [0.3, 0.4) is 0 Å². The molecule has 5 nitrogen and oxygen atoms in total. The van der Waals surface area contributed by atoms with Gasteiger partial charge in [0, 0.05) is 36.4 Å². The number of hydrogen-bond donors (Lipinski definition) is 0. The first-order chi connectivity index (χ1) is 14.8.